The van der Waals surface area contributed by atoms with Crippen molar-refractivity contribution in [2.75, 3.05) is 11.9 Å². The fourth-order valence-electron chi connectivity index (χ4n) is 3.60. The first-order valence-electron chi connectivity index (χ1n) is 10.9. The molecule has 3 aromatic heterocycles. The highest BCUT2D eigenvalue weighted by molar-refractivity contribution is 7.22. The summed E-state index contributed by atoms with van der Waals surface area (Å²) in [7, 11) is 0. The summed E-state index contributed by atoms with van der Waals surface area (Å²) in [4.78, 5) is 34.3. The van der Waals surface area contributed by atoms with E-state index in [1.807, 2.05) is 56.3 Å². The van der Waals surface area contributed by atoms with Crippen molar-refractivity contribution in [3.05, 3.63) is 70.9 Å². The van der Waals surface area contributed by atoms with Crippen LogP contribution in [-0.4, -0.2) is 36.8 Å². The molecule has 0 bridgehead atoms. The molecule has 0 aliphatic rings. The van der Waals surface area contributed by atoms with E-state index in [1.54, 1.807) is 4.68 Å². The van der Waals surface area contributed by atoms with Crippen molar-refractivity contribution in [1.29, 1.82) is 0 Å². The summed E-state index contributed by atoms with van der Waals surface area (Å²) in [5.74, 6) is 0.538. The Morgan fingerprint density at radius 3 is 2.79 bits per heavy atom. The van der Waals surface area contributed by atoms with Crippen LogP contribution in [0.3, 0.4) is 0 Å². The van der Waals surface area contributed by atoms with Gasteiger partial charge in [-0.05, 0) is 44.2 Å². The van der Waals surface area contributed by atoms with E-state index in [-0.39, 0.29) is 24.4 Å². The van der Waals surface area contributed by atoms with E-state index in [4.69, 9.17) is 4.74 Å². The minimum atomic E-state index is -0.236. The molecule has 0 aliphatic heterocycles. The lowest BCUT2D eigenvalue weighted by molar-refractivity contribution is -0.116. The minimum absolute atomic E-state index is 0.110. The molecule has 3 heterocycles. The van der Waals surface area contributed by atoms with Crippen LogP contribution in [-0.2, 0) is 11.3 Å². The van der Waals surface area contributed by atoms with Crippen molar-refractivity contribution in [3.63, 3.8) is 0 Å². The topological polar surface area (TPSA) is 104 Å². The Hall–Kier alpha value is -4.05. The third-order valence-corrected chi connectivity index (χ3v) is 6.26. The number of hydrogen-bond donors (Lipinski definition) is 1. The van der Waals surface area contributed by atoms with Gasteiger partial charge in [-0.1, -0.05) is 29.0 Å². The Labute approximate surface area is 198 Å². The van der Waals surface area contributed by atoms with Gasteiger partial charge >= 0.3 is 0 Å². The maximum absolute atomic E-state index is 12.9. The first-order valence-corrected chi connectivity index (χ1v) is 11.7. The highest BCUT2D eigenvalue weighted by Crippen LogP contribution is 2.29. The number of fused-ring (bicyclic) bond motifs is 2. The number of carbonyl (C=O) groups excluding carboxylic acids is 1. The van der Waals surface area contributed by atoms with Crippen molar-refractivity contribution in [2.45, 2.75) is 26.8 Å². The molecule has 1 N–H and O–H groups in total. The smallest absolute Gasteiger partial charge is 0.264 e. The molecular formula is C24H22N6O3S. The van der Waals surface area contributed by atoms with Crippen LogP contribution in [0.25, 0.3) is 26.9 Å². The monoisotopic (exact) mass is 474 g/mol. The van der Waals surface area contributed by atoms with Crippen molar-refractivity contribution >= 4 is 43.6 Å². The van der Waals surface area contributed by atoms with Gasteiger partial charge in [0.05, 0.1) is 35.0 Å². The van der Waals surface area contributed by atoms with Crippen LogP contribution in [0.5, 0.6) is 5.75 Å². The van der Waals surface area contributed by atoms with Crippen LogP contribution in [0.2, 0.25) is 0 Å². The van der Waals surface area contributed by atoms with Gasteiger partial charge in [0.2, 0.25) is 5.91 Å². The van der Waals surface area contributed by atoms with Crippen molar-refractivity contribution < 1.29 is 9.53 Å². The summed E-state index contributed by atoms with van der Waals surface area (Å²) in [5.41, 5.74) is 3.00. The Bertz CT molecular complexity index is 1550. The molecule has 0 aliphatic carbocycles. The number of anilines is 1. The number of ether oxygens (including phenoxy) is 1. The SMILES string of the molecule is CCOc1ccc2nc(NC(=O)CCn3cnc4c(cnn4-c4ccc(C)cc4)c3=O)sc2c1. The van der Waals surface area contributed by atoms with Gasteiger partial charge in [-0.25, -0.2) is 14.6 Å². The van der Waals surface area contributed by atoms with Crippen LogP contribution in [0.4, 0.5) is 5.13 Å². The van der Waals surface area contributed by atoms with Gasteiger partial charge in [-0.15, -0.1) is 0 Å². The Morgan fingerprint density at radius 2 is 2.00 bits per heavy atom. The van der Waals surface area contributed by atoms with Gasteiger partial charge in [0, 0.05) is 13.0 Å². The lowest BCUT2D eigenvalue weighted by Crippen LogP contribution is -2.23. The van der Waals surface area contributed by atoms with E-state index in [9.17, 15) is 9.59 Å². The predicted molar refractivity (Wildman–Crippen MR) is 132 cm³/mol. The predicted octanol–water partition coefficient (Wildman–Crippen LogP) is 3.93. The Kier molecular flexibility index (Phi) is 5.81. The number of nitrogens with zero attached hydrogens (tertiary/aromatic N) is 5. The van der Waals surface area contributed by atoms with E-state index in [0.29, 0.717) is 22.8 Å². The number of thiazole rings is 1. The number of aryl methyl sites for hydroxylation is 2. The third kappa shape index (κ3) is 4.27. The molecule has 5 aromatic rings. The molecule has 9 nitrogen and oxygen atoms in total. The maximum atomic E-state index is 12.9. The lowest BCUT2D eigenvalue weighted by atomic mass is 10.2. The normalized spacial score (nSPS) is 11.2. The summed E-state index contributed by atoms with van der Waals surface area (Å²) < 4.78 is 9.50. The van der Waals surface area contributed by atoms with Crippen molar-refractivity contribution in [3.8, 4) is 11.4 Å². The molecule has 0 atom stereocenters. The molecule has 5 rings (SSSR count). The maximum Gasteiger partial charge on any atom is 0.264 e. The number of hydrogen-bond acceptors (Lipinski definition) is 7. The second-order valence-corrected chi connectivity index (χ2v) is 8.78. The zero-order chi connectivity index (χ0) is 23.7. The van der Waals surface area contributed by atoms with Gasteiger partial charge in [-0.2, -0.15) is 5.10 Å². The molecule has 0 saturated heterocycles. The summed E-state index contributed by atoms with van der Waals surface area (Å²) in [5, 5.41) is 8.06. The molecule has 0 unspecified atom stereocenters. The zero-order valence-electron chi connectivity index (χ0n) is 18.7. The largest absolute Gasteiger partial charge is 0.494 e. The number of aromatic nitrogens is 5. The molecule has 1 amide bonds. The number of benzene rings is 2. The second-order valence-electron chi connectivity index (χ2n) is 7.75. The average molecular weight is 475 g/mol. The lowest BCUT2D eigenvalue weighted by Gasteiger charge is -2.06. The fraction of sp³-hybridized carbons (Fsp3) is 0.208. The molecule has 172 valence electrons. The van der Waals surface area contributed by atoms with Gasteiger partial charge < -0.3 is 10.1 Å². The first-order chi connectivity index (χ1) is 16.5. The fourth-order valence-corrected chi connectivity index (χ4v) is 4.51. The van der Waals surface area contributed by atoms with Gasteiger partial charge in [0.25, 0.3) is 5.56 Å². The third-order valence-electron chi connectivity index (χ3n) is 5.33. The van der Waals surface area contributed by atoms with Crippen molar-refractivity contribution in [2.24, 2.45) is 0 Å². The van der Waals surface area contributed by atoms with E-state index in [0.717, 1.165) is 27.2 Å². The van der Waals surface area contributed by atoms with E-state index in [1.165, 1.54) is 28.4 Å². The standard InChI is InChI=1S/C24H22N6O3S/c1-3-33-17-8-9-19-20(12-17)34-24(27-19)28-21(31)10-11-29-14-25-22-18(23(29)32)13-26-30(22)16-6-4-15(2)5-7-16/h4-9,12-14H,3,10-11H2,1-2H3,(H,27,28,31). The van der Waals surface area contributed by atoms with Crippen LogP contribution < -0.4 is 15.6 Å². The summed E-state index contributed by atoms with van der Waals surface area (Å²) in [6.07, 6.45) is 3.08. The van der Waals surface area contributed by atoms with Crippen LogP contribution >= 0.6 is 11.3 Å². The number of carbonyl (C=O) groups is 1. The Morgan fingerprint density at radius 1 is 1.18 bits per heavy atom. The van der Waals surface area contributed by atoms with Crippen LogP contribution in [0.15, 0.2) is 59.8 Å². The zero-order valence-corrected chi connectivity index (χ0v) is 19.5. The minimum Gasteiger partial charge on any atom is -0.494 e. The summed E-state index contributed by atoms with van der Waals surface area (Å²) in [6, 6.07) is 13.4. The van der Waals surface area contributed by atoms with Crippen LogP contribution in [0.1, 0.15) is 18.9 Å². The molecule has 0 saturated carbocycles. The number of amides is 1. The molecule has 0 fully saturated rings. The van der Waals surface area contributed by atoms with Gasteiger partial charge in [0.1, 0.15) is 11.1 Å². The number of rotatable bonds is 7. The quantitative estimate of drug-likeness (QED) is 0.383. The average Bonchev–Trinajstić information content (AvgIpc) is 3.43. The van der Waals surface area contributed by atoms with E-state index < -0.39 is 0 Å². The molecule has 34 heavy (non-hydrogen) atoms. The highest BCUT2D eigenvalue weighted by atomic mass is 32.1. The molecule has 0 spiro atoms. The number of nitrogens with one attached hydrogen (secondary N) is 1. The summed E-state index contributed by atoms with van der Waals surface area (Å²) >= 11 is 1.38. The molecule has 10 heteroatoms. The van der Waals surface area contributed by atoms with E-state index in [2.05, 4.69) is 20.4 Å². The first kappa shape index (κ1) is 21.8. The molecular weight excluding hydrogens is 452 g/mol. The molecule has 2 aromatic carbocycles. The van der Waals surface area contributed by atoms with Gasteiger partial charge in [0.15, 0.2) is 10.8 Å². The summed E-state index contributed by atoms with van der Waals surface area (Å²) in [6.45, 7) is 4.72. The van der Waals surface area contributed by atoms with E-state index >= 15 is 0 Å². The van der Waals surface area contributed by atoms with Crippen LogP contribution in [0, 0.1) is 6.92 Å². The second kappa shape index (κ2) is 9.06. The molecule has 0 radical (unpaired) electrons. The highest BCUT2D eigenvalue weighted by Gasteiger charge is 2.13. The Balaban J connectivity index is 1.28. The van der Waals surface area contributed by atoms with Gasteiger partial charge in [-0.3, -0.25) is 14.2 Å². The van der Waals surface area contributed by atoms with Crippen molar-refractivity contribution in [1.82, 2.24) is 24.3 Å².